The highest BCUT2D eigenvalue weighted by molar-refractivity contribution is 6.05. The Kier molecular flexibility index (Phi) is 6.44. The van der Waals surface area contributed by atoms with Crippen molar-refractivity contribution >= 4 is 28.8 Å². The molecule has 1 heterocycles. The third-order valence-corrected chi connectivity index (χ3v) is 6.40. The molecule has 1 fully saturated rings. The second kappa shape index (κ2) is 9.42. The Morgan fingerprint density at radius 2 is 1.94 bits per heavy atom. The molecule has 2 aromatic rings. The van der Waals surface area contributed by atoms with Gasteiger partial charge in [0.05, 0.1) is 29.6 Å². The van der Waals surface area contributed by atoms with Crippen LogP contribution in [0, 0.1) is 5.41 Å². The summed E-state index contributed by atoms with van der Waals surface area (Å²) in [5, 5.41) is 6.64. The number of nitrogens with zero attached hydrogens (tertiary/aromatic N) is 1. The number of anilines is 3. The molecule has 1 aromatic heterocycles. The third kappa shape index (κ3) is 4.47. The van der Waals surface area contributed by atoms with Gasteiger partial charge < -0.3 is 21.1 Å². The lowest BCUT2D eigenvalue weighted by Crippen LogP contribution is -2.52. The van der Waals surface area contributed by atoms with Crippen LogP contribution in [0.5, 0.6) is 0 Å². The molecule has 32 heavy (non-hydrogen) atoms. The van der Waals surface area contributed by atoms with Gasteiger partial charge in [-0.25, -0.2) is 4.79 Å². The van der Waals surface area contributed by atoms with Crippen LogP contribution in [0.4, 0.5) is 17.1 Å². The van der Waals surface area contributed by atoms with E-state index in [1.54, 1.807) is 25.4 Å². The van der Waals surface area contributed by atoms with Gasteiger partial charge in [-0.1, -0.05) is 31.4 Å². The number of ether oxygens (including phenoxy) is 1. The van der Waals surface area contributed by atoms with Crippen molar-refractivity contribution in [3.63, 3.8) is 0 Å². The van der Waals surface area contributed by atoms with Crippen LogP contribution >= 0.6 is 0 Å². The fourth-order valence-electron chi connectivity index (χ4n) is 4.57. The van der Waals surface area contributed by atoms with Crippen molar-refractivity contribution in [1.82, 2.24) is 10.3 Å². The summed E-state index contributed by atoms with van der Waals surface area (Å²) < 4.78 is 5.32. The van der Waals surface area contributed by atoms with Gasteiger partial charge >= 0.3 is 5.97 Å². The Morgan fingerprint density at radius 3 is 2.59 bits per heavy atom. The van der Waals surface area contributed by atoms with Crippen molar-refractivity contribution in [2.24, 2.45) is 5.41 Å². The zero-order valence-corrected chi connectivity index (χ0v) is 18.4. The highest BCUT2D eigenvalue weighted by Crippen LogP contribution is 2.48. The molecule has 1 aromatic carbocycles. The smallest absolute Gasteiger partial charge is 0.328 e. The van der Waals surface area contributed by atoms with E-state index < -0.39 is 11.5 Å². The first-order chi connectivity index (χ1) is 15.5. The number of hydrogen-bond acceptors (Lipinski definition) is 7. The Morgan fingerprint density at radius 1 is 1.19 bits per heavy atom. The molecule has 0 saturated heterocycles. The number of nitrogens with one attached hydrogen (secondary N) is 2. The molecule has 0 unspecified atom stereocenters. The van der Waals surface area contributed by atoms with E-state index in [1.165, 1.54) is 0 Å². The molecule has 1 saturated carbocycles. The van der Waals surface area contributed by atoms with Gasteiger partial charge in [0, 0.05) is 30.1 Å². The van der Waals surface area contributed by atoms with Gasteiger partial charge in [0.2, 0.25) is 0 Å². The lowest BCUT2D eigenvalue weighted by Gasteiger charge is -2.44. The van der Waals surface area contributed by atoms with Gasteiger partial charge in [-0.2, -0.15) is 0 Å². The maximum Gasteiger partial charge on any atom is 0.328 e. The number of ketones is 1. The quantitative estimate of drug-likeness (QED) is 0.541. The van der Waals surface area contributed by atoms with Gasteiger partial charge in [-0.3, -0.25) is 9.78 Å². The minimum absolute atomic E-state index is 0.188. The molecular weight excluding hydrogens is 404 g/mol. The molecule has 0 radical (unpaired) electrons. The number of carbonyl (C=O) groups excluding carboxylic acids is 2. The zero-order chi connectivity index (χ0) is 22.6. The minimum atomic E-state index is -0.539. The first-order valence-electron chi connectivity index (χ1n) is 11.3. The molecule has 7 nitrogen and oxygen atoms in total. The van der Waals surface area contributed by atoms with Crippen LogP contribution in [0.15, 0.2) is 54.5 Å². The summed E-state index contributed by atoms with van der Waals surface area (Å²) in [6, 6.07) is 9.13. The SMILES string of the molecule is CCOC(=O)[C@H](Cc1ccc(Nc2ccncc2N)cc1)NC1=CC(=O)C12CCCCC2. The molecule has 168 valence electrons. The van der Waals surface area contributed by atoms with Crippen LogP contribution in [0.3, 0.4) is 0 Å². The topological polar surface area (TPSA) is 106 Å². The number of pyridine rings is 1. The molecule has 7 heteroatoms. The van der Waals surface area contributed by atoms with E-state index >= 15 is 0 Å². The molecule has 1 atom stereocenters. The van der Waals surface area contributed by atoms with E-state index in [2.05, 4.69) is 15.6 Å². The lowest BCUT2D eigenvalue weighted by molar-refractivity contribution is -0.146. The first-order valence-corrected chi connectivity index (χ1v) is 11.3. The van der Waals surface area contributed by atoms with Gasteiger partial charge in [0.25, 0.3) is 0 Å². The molecule has 0 aliphatic heterocycles. The summed E-state index contributed by atoms with van der Waals surface area (Å²) in [7, 11) is 0. The Balaban J connectivity index is 1.46. The molecule has 2 aliphatic carbocycles. The predicted octanol–water partition coefficient (Wildman–Crippen LogP) is 3.89. The fraction of sp³-hybridized carbons (Fsp3) is 0.400. The molecule has 0 bridgehead atoms. The Labute approximate surface area is 188 Å². The maximum absolute atomic E-state index is 12.7. The normalized spacial score (nSPS) is 17.8. The monoisotopic (exact) mass is 434 g/mol. The first kappa shape index (κ1) is 21.9. The molecule has 2 aliphatic rings. The fourth-order valence-corrected chi connectivity index (χ4v) is 4.57. The number of aromatic nitrogens is 1. The van der Waals surface area contributed by atoms with Crippen LogP contribution in [0.2, 0.25) is 0 Å². The summed E-state index contributed by atoms with van der Waals surface area (Å²) >= 11 is 0. The Hall–Kier alpha value is -3.35. The molecule has 4 rings (SSSR count). The van der Waals surface area contributed by atoms with E-state index in [0.29, 0.717) is 18.7 Å². The minimum Gasteiger partial charge on any atom is -0.464 e. The van der Waals surface area contributed by atoms with Crippen molar-refractivity contribution in [2.45, 2.75) is 51.5 Å². The van der Waals surface area contributed by atoms with Gasteiger partial charge in [0.1, 0.15) is 6.04 Å². The van der Waals surface area contributed by atoms with Crippen molar-refractivity contribution in [2.75, 3.05) is 17.7 Å². The lowest BCUT2D eigenvalue weighted by atomic mass is 9.62. The summed E-state index contributed by atoms with van der Waals surface area (Å²) in [5.41, 5.74) is 9.67. The molecule has 4 N–H and O–H groups in total. The predicted molar refractivity (Wildman–Crippen MR) is 124 cm³/mol. The van der Waals surface area contributed by atoms with E-state index in [9.17, 15) is 9.59 Å². The number of nitrogen functional groups attached to an aromatic ring is 1. The van der Waals surface area contributed by atoms with Crippen LogP contribution < -0.4 is 16.4 Å². The number of carbonyl (C=O) groups is 2. The third-order valence-electron chi connectivity index (χ3n) is 6.40. The largest absolute Gasteiger partial charge is 0.464 e. The van der Waals surface area contributed by atoms with Crippen molar-refractivity contribution in [3.05, 3.63) is 60.1 Å². The number of rotatable bonds is 8. The highest BCUT2D eigenvalue weighted by atomic mass is 16.5. The average molecular weight is 435 g/mol. The second-order valence-electron chi connectivity index (χ2n) is 8.50. The van der Waals surface area contributed by atoms with E-state index in [0.717, 1.165) is 54.7 Å². The number of hydrogen-bond donors (Lipinski definition) is 3. The summed E-state index contributed by atoms with van der Waals surface area (Å²) in [6.07, 6.45) is 10.4. The number of allylic oxidation sites excluding steroid dienone is 2. The molecule has 0 amide bonds. The summed E-state index contributed by atoms with van der Waals surface area (Å²) in [4.78, 5) is 29.1. The number of benzene rings is 1. The standard InChI is InChI=1S/C25H30N4O3/c1-2-32-24(31)21(29-22-15-23(30)25(22)11-4-3-5-12-25)14-17-6-8-18(9-7-17)28-20-10-13-27-16-19(20)26/h6-10,13,15-16,21,29H,2-5,11-12,14,26H2,1H3,(H,27,28)/t21-/m0/s1. The van der Waals surface area contributed by atoms with Crippen LogP contribution in [0.25, 0.3) is 0 Å². The summed E-state index contributed by atoms with van der Waals surface area (Å²) in [5.74, 6) is -0.112. The molecule has 1 spiro atoms. The molecular formula is C25H30N4O3. The number of esters is 1. The van der Waals surface area contributed by atoms with Crippen molar-refractivity contribution < 1.29 is 14.3 Å². The van der Waals surface area contributed by atoms with Gasteiger partial charge in [-0.05, 0) is 43.5 Å². The zero-order valence-electron chi connectivity index (χ0n) is 18.4. The maximum atomic E-state index is 12.7. The highest BCUT2D eigenvalue weighted by Gasteiger charge is 2.49. The van der Waals surface area contributed by atoms with Crippen LogP contribution in [0.1, 0.15) is 44.6 Å². The number of nitrogens with two attached hydrogens (primary N) is 1. The van der Waals surface area contributed by atoms with Crippen molar-refractivity contribution in [1.29, 1.82) is 0 Å². The Bertz CT molecular complexity index is 1010. The second-order valence-corrected chi connectivity index (χ2v) is 8.50. The summed E-state index contributed by atoms with van der Waals surface area (Å²) in [6.45, 7) is 2.12. The van der Waals surface area contributed by atoms with Crippen LogP contribution in [-0.2, 0) is 20.7 Å². The van der Waals surface area contributed by atoms with E-state index in [-0.39, 0.29) is 11.8 Å². The van der Waals surface area contributed by atoms with Crippen LogP contribution in [-0.4, -0.2) is 29.4 Å². The van der Waals surface area contributed by atoms with Gasteiger partial charge in [0.15, 0.2) is 5.78 Å². The van der Waals surface area contributed by atoms with Crippen molar-refractivity contribution in [3.8, 4) is 0 Å². The van der Waals surface area contributed by atoms with E-state index in [1.807, 2.05) is 30.3 Å². The van der Waals surface area contributed by atoms with E-state index in [4.69, 9.17) is 10.5 Å². The van der Waals surface area contributed by atoms with Gasteiger partial charge in [-0.15, -0.1) is 0 Å². The average Bonchev–Trinajstić information content (AvgIpc) is 2.81.